The van der Waals surface area contributed by atoms with Gasteiger partial charge in [0.05, 0.1) is 24.1 Å². The number of anilines is 1. The first-order valence-electron chi connectivity index (χ1n) is 6.98. The van der Waals surface area contributed by atoms with Gasteiger partial charge in [-0.25, -0.2) is 19.0 Å². The van der Waals surface area contributed by atoms with Crippen LogP contribution in [0.15, 0.2) is 42.9 Å². The molecule has 6 nitrogen and oxygen atoms in total. The zero-order chi connectivity index (χ0) is 15.4. The Hall–Kier alpha value is -2.83. The fourth-order valence-corrected chi connectivity index (χ4v) is 2.04. The second kappa shape index (κ2) is 6.30. The fraction of sp³-hybridized carbons (Fsp3) is 0.200. The fourth-order valence-electron chi connectivity index (χ4n) is 2.04. The van der Waals surface area contributed by atoms with Gasteiger partial charge in [-0.2, -0.15) is 0 Å². The highest BCUT2D eigenvalue weighted by atomic mass is 19.1. The van der Waals surface area contributed by atoms with Crippen LogP contribution in [0.3, 0.4) is 0 Å². The highest BCUT2D eigenvalue weighted by Crippen LogP contribution is 2.14. The van der Waals surface area contributed by atoms with Gasteiger partial charge >= 0.3 is 0 Å². The van der Waals surface area contributed by atoms with Crippen LogP contribution < -0.4 is 5.32 Å². The first-order valence-corrected chi connectivity index (χ1v) is 6.98. The van der Waals surface area contributed by atoms with Crippen molar-refractivity contribution in [1.82, 2.24) is 25.0 Å². The van der Waals surface area contributed by atoms with Gasteiger partial charge in [-0.1, -0.05) is 30.3 Å². The van der Waals surface area contributed by atoms with Gasteiger partial charge in [0, 0.05) is 0 Å². The molecule has 3 rings (SSSR count). The summed E-state index contributed by atoms with van der Waals surface area (Å²) < 4.78 is 15.7. The number of para-hydroxylation sites is 1. The van der Waals surface area contributed by atoms with Gasteiger partial charge in [-0.05, 0) is 18.6 Å². The molecular weight excluding hydrogens is 283 g/mol. The molecule has 0 fully saturated rings. The standard InChI is InChI=1S/C15H15FN6/c1-2-13-14(16)15(19-10-18-13)17-8-11-9-22(21-20-11)12-6-4-3-5-7-12/h3-7,9-10H,2,8H2,1H3,(H,17,18,19). The van der Waals surface area contributed by atoms with E-state index in [-0.39, 0.29) is 5.82 Å². The molecule has 0 atom stereocenters. The summed E-state index contributed by atoms with van der Waals surface area (Å²) >= 11 is 0. The van der Waals surface area contributed by atoms with Crippen molar-refractivity contribution in [3.8, 4) is 5.69 Å². The van der Waals surface area contributed by atoms with E-state index in [9.17, 15) is 4.39 Å². The summed E-state index contributed by atoms with van der Waals surface area (Å²) in [6.45, 7) is 2.19. The number of aryl methyl sites for hydroxylation is 1. The average molecular weight is 298 g/mol. The zero-order valence-electron chi connectivity index (χ0n) is 12.1. The van der Waals surface area contributed by atoms with E-state index >= 15 is 0 Å². The first-order chi connectivity index (χ1) is 10.8. The lowest BCUT2D eigenvalue weighted by molar-refractivity contribution is 0.596. The lowest BCUT2D eigenvalue weighted by Crippen LogP contribution is -2.07. The van der Waals surface area contributed by atoms with Gasteiger partial charge in [-0.15, -0.1) is 5.10 Å². The number of nitrogens with zero attached hydrogens (tertiary/aromatic N) is 5. The number of halogens is 1. The summed E-state index contributed by atoms with van der Waals surface area (Å²) in [5.41, 5.74) is 2.01. The molecule has 1 aromatic carbocycles. The molecule has 0 spiro atoms. The Morgan fingerprint density at radius 2 is 2.00 bits per heavy atom. The lowest BCUT2D eigenvalue weighted by atomic mass is 10.3. The number of benzene rings is 1. The van der Waals surface area contributed by atoms with Crippen molar-refractivity contribution in [2.75, 3.05) is 5.32 Å². The van der Waals surface area contributed by atoms with Gasteiger partial charge in [0.1, 0.15) is 12.0 Å². The van der Waals surface area contributed by atoms with Crippen LogP contribution in [0, 0.1) is 5.82 Å². The topological polar surface area (TPSA) is 68.5 Å². The summed E-state index contributed by atoms with van der Waals surface area (Å²) in [5.74, 6) is -0.235. The van der Waals surface area contributed by atoms with Crippen LogP contribution in [0.2, 0.25) is 0 Å². The highest BCUT2D eigenvalue weighted by molar-refractivity contribution is 5.37. The third-order valence-corrected chi connectivity index (χ3v) is 3.20. The largest absolute Gasteiger partial charge is 0.362 e. The zero-order valence-corrected chi connectivity index (χ0v) is 12.1. The average Bonchev–Trinajstić information content (AvgIpc) is 3.04. The predicted octanol–water partition coefficient (Wildman–Crippen LogP) is 2.37. The number of rotatable bonds is 5. The monoisotopic (exact) mass is 298 g/mol. The minimum Gasteiger partial charge on any atom is -0.362 e. The highest BCUT2D eigenvalue weighted by Gasteiger charge is 2.10. The van der Waals surface area contributed by atoms with Crippen molar-refractivity contribution < 1.29 is 4.39 Å². The van der Waals surface area contributed by atoms with E-state index in [1.54, 1.807) is 10.9 Å². The molecule has 0 aliphatic rings. The summed E-state index contributed by atoms with van der Waals surface area (Å²) in [5, 5.41) is 11.0. The van der Waals surface area contributed by atoms with E-state index in [4.69, 9.17) is 0 Å². The minimum absolute atomic E-state index is 0.182. The summed E-state index contributed by atoms with van der Waals surface area (Å²) in [7, 11) is 0. The van der Waals surface area contributed by atoms with E-state index in [2.05, 4.69) is 25.6 Å². The minimum atomic E-state index is -0.416. The van der Waals surface area contributed by atoms with Crippen molar-refractivity contribution in [1.29, 1.82) is 0 Å². The van der Waals surface area contributed by atoms with Crippen molar-refractivity contribution in [2.45, 2.75) is 19.9 Å². The molecule has 0 radical (unpaired) electrons. The first kappa shape index (κ1) is 14.1. The molecular formula is C15H15FN6. The van der Waals surface area contributed by atoms with Crippen LogP contribution in [0.1, 0.15) is 18.3 Å². The van der Waals surface area contributed by atoms with Gasteiger partial charge in [0.2, 0.25) is 0 Å². The van der Waals surface area contributed by atoms with E-state index in [0.29, 0.717) is 24.4 Å². The van der Waals surface area contributed by atoms with E-state index in [0.717, 1.165) is 5.69 Å². The Morgan fingerprint density at radius 1 is 1.18 bits per heavy atom. The van der Waals surface area contributed by atoms with Gasteiger partial charge < -0.3 is 5.32 Å². The van der Waals surface area contributed by atoms with Crippen molar-refractivity contribution in [2.24, 2.45) is 0 Å². The molecule has 3 aromatic rings. The molecule has 112 valence electrons. The quantitative estimate of drug-likeness (QED) is 0.783. The van der Waals surface area contributed by atoms with Crippen molar-refractivity contribution >= 4 is 5.82 Å². The maximum Gasteiger partial charge on any atom is 0.186 e. The summed E-state index contributed by atoms with van der Waals surface area (Å²) in [4.78, 5) is 7.81. The molecule has 7 heteroatoms. The second-order valence-electron chi connectivity index (χ2n) is 4.68. The van der Waals surface area contributed by atoms with Crippen LogP contribution in [0.4, 0.5) is 10.2 Å². The Bertz CT molecular complexity index is 756. The number of hydrogen-bond acceptors (Lipinski definition) is 5. The van der Waals surface area contributed by atoms with Gasteiger partial charge in [0.25, 0.3) is 0 Å². The molecule has 0 bridgehead atoms. The molecule has 22 heavy (non-hydrogen) atoms. The number of nitrogens with one attached hydrogen (secondary N) is 1. The maximum atomic E-state index is 14.0. The molecule has 0 unspecified atom stereocenters. The summed E-state index contributed by atoms with van der Waals surface area (Å²) in [6.07, 6.45) is 3.67. The third-order valence-electron chi connectivity index (χ3n) is 3.20. The van der Waals surface area contributed by atoms with E-state index in [1.807, 2.05) is 37.3 Å². The molecule has 0 saturated heterocycles. The third kappa shape index (κ3) is 2.93. The lowest BCUT2D eigenvalue weighted by Gasteiger charge is -2.06. The van der Waals surface area contributed by atoms with E-state index < -0.39 is 5.82 Å². The van der Waals surface area contributed by atoms with E-state index in [1.165, 1.54) is 6.33 Å². The predicted molar refractivity (Wildman–Crippen MR) is 80.1 cm³/mol. The smallest absolute Gasteiger partial charge is 0.186 e. The van der Waals surface area contributed by atoms with Gasteiger partial charge in [0.15, 0.2) is 11.6 Å². The Labute approximate surface area is 127 Å². The molecule has 0 aliphatic heterocycles. The number of aromatic nitrogens is 5. The van der Waals surface area contributed by atoms with Crippen LogP contribution in [0.25, 0.3) is 5.69 Å². The second-order valence-corrected chi connectivity index (χ2v) is 4.68. The Balaban J connectivity index is 1.72. The maximum absolute atomic E-state index is 14.0. The number of hydrogen-bond donors (Lipinski definition) is 1. The molecule has 2 heterocycles. The molecule has 0 saturated carbocycles. The Kier molecular flexibility index (Phi) is 4.04. The Morgan fingerprint density at radius 3 is 2.77 bits per heavy atom. The van der Waals surface area contributed by atoms with Crippen LogP contribution >= 0.6 is 0 Å². The van der Waals surface area contributed by atoms with Gasteiger partial charge in [-0.3, -0.25) is 0 Å². The molecule has 0 aliphatic carbocycles. The normalized spacial score (nSPS) is 10.6. The van der Waals surface area contributed by atoms with Crippen LogP contribution in [-0.4, -0.2) is 25.0 Å². The van der Waals surface area contributed by atoms with Crippen molar-refractivity contribution in [3.63, 3.8) is 0 Å². The van der Waals surface area contributed by atoms with Crippen LogP contribution in [0.5, 0.6) is 0 Å². The SMILES string of the molecule is CCc1ncnc(NCc2cn(-c3ccccc3)nn2)c1F. The summed E-state index contributed by atoms with van der Waals surface area (Å²) in [6, 6.07) is 9.66. The van der Waals surface area contributed by atoms with Crippen LogP contribution in [-0.2, 0) is 13.0 Å². The molecule has 0 amide bonds. The van der Waals surface area contributed by atoms with Crippen molar-refractivity contribution in [3.05, 3.63) is 60.1 Å². The molecule has 1 N–H and O–H groups in total. The molecule has 2 aromatic heterocycles.